The van der Waals surface area contributed by atoms with Crippen LogP contribution in [0, 0.1) is 6.92 Å². The molecule has 0 saturated heterocycles. The van der Waals surface area contributed by atoms with Crippen LogP contribution in [-0.2, 0) is 11.3 Å². The second-order valence-electron chi connectivity index (χ2n) is 4.59. The quantitative estimate of drug-likeness (QED) is 0.464. The molecule has 4 nitrogen and oxygen atoms in total. The normalized spacial score (nSPS) is 10.3. The molecule has 0 fully saturated rings. The van der Waals surface area contributed by atoms with E-state index in [4.69, 9.17) is 32.7 Å². The van der Waals surface area contributed by atoms with Crippen LogP contribution in [0.3, 0.4) is 0 Å². The molecular formula is C16H13BrCl2O4. The van der Waals surface area contributed by atoms with E-state index in [1.54, 1.807) is 24.3 Å². The first kappa shape index (κ1) is 17.9. The molecule has 122 valence electrons. The molecule has 0 radical (unpaired) electrons. The van der Waals surface area contributed by atoms with Crippen molar-refractivity contribution in [1.82, 2.24) is 0 Å². The minimum atomic E-state index is -0.805. The van der Waals surface area contributed by atoms with E-state index < -0.39 is 6.16 Å². The van der Waals surface area contributed by atoms with Crippen LogP contribution < -0.4 is 9.47 Å². The van der Waals surface area contributed by atoms with Gasteiger partial charge in [-0.05, 0) is 30.7 Å². The van der Waals surface area contributed by atoms with Crippen molar-refractivity contribution in [3.05, 3.63) is 56.0 Å². The van der Waals surface area contributed by atoms with Crippen LogP contribution in [0.15, 0.2) is 34.8 Å². The van der Waals surface area contributed by atoms with Gasteiger partial charge in [0.15, 0.2) is 0 Å². The van der Waals surface area contributed by atoms with Gasteiger partial charge < -0.3 is 14.2 Å². The van der Waals surface area contributed by atoms with Gasteiger partial charge in [0.05, 0.1) is 12.1 Å². The Morgan fingerprint density at radius 2 is 1.91 bits per heavy atom. The van der Waals surface area contributed by atoms with Crippen molar-refractivity contribution >= 4 is 45.3 Å². The topological polar surface area (TPSA) is 44.8 Å². The highest BCUT2D eigenvalue weighted by atomic mass is 79.9. The number of hydrogen-bond acceptors (Lipinski definition) is 4. The van der Waals surface area contributed by atoms with Gasteiger partial charge in [-0.2, -0.15) is 0 Å². The SMILES string of the molecule is COC(=O)Oc1cccc(Br)c1COc1cc(Cl)c(C)cc1Cl. The Labute approximate surface area is 152 Å². The third-order valence-corrected chi connectivity index (χ3v) is 4.47. The molecule has 2 aromatic rings. The van der Waals surface area contributed by atoms with Crippen molar-refractivity contribution in [2.45, 2.75) is 13.5 Å². The molecule has 0 atom stereocenters. The van der Waals surface area contributed by atoms with E-state index >= 15 is 0 Å². The summed E-state index contributed by atoms with van der Waals surface area (Å²) in [5, 5.41) is 1.01. The zero-order valence-electron chi connectivity index (χ0n) is 12.4. The molecule has 0 aliphatic carbocycles. The van der Waals surface area contributed by atoms with E-state index in [0.717, 1.165) is 10.0 Å². The lowest BCUT2D eigenvalue weighted by molar-refractivity contribution is 0.120. The number of methoxy groups -OCH3 is 1. The third-order valence-electron chi connectivity index (χ3n) is 3.02. The summed E-state index contributed by atoms with van der Waals surface area (Å²) in [4.78, 5) is 11.3. The van der Waals surface area contributed by atoms with Gasteiger partial charge in [0.25, 0.3) is 0 Å². The average molecular weight is 420 g/mol. The summed E-state index contributed by atoms with van der Waals surface area (Å²) in [5.74, 6) is 0.780. The molecule has 0 aliphatic rings. The number of carbonyl (C=O) groups is 1. The Morgan fingerprint density at radius 3 is 2.61 bits per heavy atom. The van der Waals surface area contributed by atoms with Crippen LogP contribution in [0.4, 0.5) is 4.79 Å². The molecule has 0 spiro atoms. The van der Waals surface area contributed by atoms with Gasteiger partial charge in [0.2, 0.25) is 0 Å². The van der Waals surface area contributed by atoms with Gasteiger partial charge in [-0.1, -0.05) is 45.2 Å². The fraction of sp³-hybridized carbons (Fsp3) is 0.188. The molecule has 2 aromatic carbocycles. The van der Waals surface area contributed by atoms with E-state index in [-0.39, 0.29) is 6.61 Å². The lowest BCUT2D eigenvalue weighted by Crippen LogP contribution is -2.10. The van der Waals surface area contributed by atoms with E-state index in [1.807, 2.05) is 13.0 Å². The Bertz CT molecular complexity index is 734. The number of halogens is 3. The number of ether oxygens (including phenoxy) is 3. The fourth-order valence-corrected chi connectivity index (χ4v) is 2.68. The maximum atomic E-state index is 11.3. The molecule has 0 N–H and O–H groups in total. The average Bonchev–Trinajstić information content (AvgIpc) is 2.51. The molecule has 7 heteroatoms. The summed E-state index contributed by atoms with van der Waals surface area (Å²) in [6, 6.07) is 8.57. The van der Waals surface area contributed by atoms with Crippen LogP contribution in [-0.4, -0.2) is 13.3 Å². The Morgan fingerprint density at radius 1 is 1.17 bits per heavy atom. The van der Waals surface area contributed by atoms with Gasteiger partial charge in [0, 0.05) is 21.1 Å². The highest BCUT2D eigenvalue weighted by Gasteiger charge is 2.14. The minimum absolute atomic E-state index is 0.132. The number of rotatable bonds is 4. The summed E-state index contributed by atoms with van der Waals surface area (Å²) in [6.45, 7) is 1.99. The van der Waals surface area contributed by atoms with Crippen molar-refractivity contribution in [1.29, 1.82) is 0 Å². The highest BCUT2D eigenvalue weighted by Crippen LogP contribution is 2.33. The number of benzene rings is 2. The highest BCUT2D eigenvalue weighted by molar-refractivity contribution is 9.10. The van der Waals surface area contributed by atoms with Crippen LogP contribution >= 0.6 is 39.1 Å². The summed E-state index contributed by atoms with van der Waals surface area (Å²) >= 11 is 15.6. The largest absolute Gasteiger partial charge is 0.513 e. The van der Waals surface area contributed by atoms with Crippen molar-refractivity contribution < 1.29 is 19.0 Å². The van der Waals surface area contributed by atoms with E-state index in [9.17, 15) is 4.79 Å². The molecule has 0 bridgehead atoms. The van der Waals surface area contributed by atoms with Gasteiger partial charge in [-0.3, -0.25) is 0 Å². The zero-order chi connectivity index (χ0) is 17.0. The van der Waals surface area contributed by atoms with Crippen molar-refractivity contribution in [3.8, 4) is 11.5 Å². The maximum absolute atomic E-state index is 11.3. The van der Waals surface area contributed by atoms with Crippen LogP contribution in [0.5, 0.6) is 11.5 Å². The van der Waals surface area contributed by atoms with Crippen LogP contribution in [0.25, 0.3) is 0 Å². The van der Waals surface area contributed by atoms with Crippen molar-refractivity contribution in [3.63, 3.8) is 0 Å². The smallest absolute Gasteiger partial charge is 0.487 e. The standard InChI is InChI=1S/C16H13BrCl2O4/c1-9-6-13(19)15(7-12(9)18)22-8-10-11(17)4-3-5-14(10)23-16(20)21-2/h3-7H,8H2,1-2H3. The molecular weight excluding hydrogens is 407 g/mol. The molecule has 0 aliphatic heterocycles. The number of aryl methyl sites for hydroxylation is 1. The molecule has 0 amide bonds. The summed E-state index contributed by atoms with van der Waals surface area (Å²) < 4.78 is 16.1. The molecule has 0 unspecified atom stereocenters. The predicted molar refractivity (Wildman–Crippen MR) is 92.7 cm³/mol. The van der Waals surface area contributed by atoms with E-state index in [0.29, 0.717) is 27.1 Å². The van der Waals surface area contributed by atoms with Gasteiger partial charge in [0.1, 0.15) is 18.1 Å². The monoisotopic (exact) mass is 418 g/mol. The van der Waals surface area contributed by atoms with Crippen LogP contribution in [0.2, 0.25) is 10.0 Å². The van der Waals surface area contributed by atoms with Crippen LogP contribution in [0.1, 0.15) is 11.1 Å². The fourth-order valence-electron chi connectivity index (χ4n) is 1.79. The minimum Gasteiger partial charge on any atom is -0.487 e. The van der Waals surface area contributed by atoms with Gasteiger partial charge >= 0.3 is 6.16 Å². The molecule has 23 heavy (non-hydrogen) atoms. The maximum Gasteiger partial charge on any atom is 0.513 e. The lowest BCUT2D eigenvalue weighted by atomic mass is 10.2. The first-order valence-corrected chi connectivity index (χ1v) is 8.09. The Balaban J connectivity index is 2.23. The molecule has 0 heterocycles. The van der Waals surface area contributed by atoms with Gasteiger partial charge in [-0.15, -0.1) is 0 Å². The Kier molecular flexibility index (Phi) is 6.16. The Hall–Kier alpha value is -1.43. The summed E-state index contributed by atoms with van der Waals surface area (Å²) in [5.41, 5.74) is 1.50. The number of hydrogen-bond donors (Lipinski definition) is 0. The molecule has 0 saturated carbocycles. The zero-order valence-corrected chi connectivity index (χ0v) is 15.5. The molecule has 2 rings (SSSR count). The summed E-state index contributed by atoms with van der Waals surface area (Å²) in [7, 11) is 1.24. The third kappa shape index (κ3) is 4.53. The first-order valence-electron chi connectivity index (χ1n) is 6.54. The first-order chi connectivity index (χ1) is 10.9. The number of carbonyl (C=O) groups excluding carboxylic acids is 1. The van der Waals surface area contributed by atoms with Crippen molar-refractivity contribution in [2.24, 2.45) is 0 Å². The lowest BCUT2D eigenvalue weighted by Gasteiger charge is -2.14. The van der Waals surface area contributed by atoms with Gasteiger partial charge in [-0.25, -0.2) is 4.79 Å². The van der Waals surface area contributed by atoms with E-state index in [2.05, 4.69) is 20.7 Å². The van der Waals surface area contributed by atoms with Crippen molar-refractivity contribution in [2.75, 3.05) is 7.11 Å². The van der Waals surface area contributed by atoms with E-state index in [1.165, 1.54) is 7.11 Å². The predicted octanol–water partition coefficient (Wildman–Crippen LogP) is 5.79. The molecule has 0 aromatic heterocycles. The summed E-state index contributed by atoms with van der Waals surface area (Å²) in [6.07, 6.45) is -0.805. The second-order valence-corrected chi connectivity index (χ2v) is 6.26. The second kappa shape index (κ2) is 7.90.